The zero-order valence-electron chi connectivity index (χ0n) is 13.5. The predicted octanol–water partition coefficient (Wildman–Crippen LogP) is 3.68. The standard InChI is InChI=1S/C16H19N3O3S/c1-10(2)17-16-18(11(3)4)15(20)14(23-16)9-12-7-5-6-8-13(12)19(21)22/h5-11H,1-4H3/b14-9+,17-16?. The van der Waals surface area contributed by atoms with Crippen molar-refractivity contribution < 1.29 is 9.72 Å². The number of carbonyl (C=O) groups is 1. The van der Waals surface area contributed by atoms with E-state index in [1.165, 1.54) is 17.8 Å². The van der Waals surface area contributed by atoms with Crippen LogP contribution in [-0.4, -0.2) is 33.0 Å². The summed E-state index contributed by atoms with van der Waals surface area (Å²) in [7, 11) is 0. The Hall–Kier alpha value is -2.15. The number of aliphatic imine (C=N–C) groups is 1. The van der Waals surface area contributed by atoms with Gasteiger partial charge in [0.25, 0.3) is 11.6 Å². The Balaban J connectivity index is 2.45. The van der Waals surface area contributed by atoms with E-state index in [1.54, 1.807) is 29.2 Å². The number of carbonyl (C=O) groups excluding carboxylic acids is 1. The fourth-order valence-corrected chi connectivity index (χ4v) is 3.39. The number of benzene rings is 1. The molecule has 1 amide bonds. The number of amidine groups is 1. The first-order chi connectivity index (χ1) is 10.8. The summed E-state index contributed by atoms with van der Waals surface area (Å²) in [5, 5.41) is 11.8. The molecule has 0 spiro atoms. The van der Waals surface area contributed by atoms with Crippen molar-refractivity contribution in [2.45, 2.75) is 39.8 Å². The Morgan fingerprint density at radius 3 is 2.48 bits per heavy atom. The third-order valence-corrected chi connectivity index (χ3v) is 4.14. The molecule has 6 nitrogen and oxygen atoms in total. The molecular formula is C16H19N3O3S. The molecule has 1 fully saturated rings. The third-order valence-electron chi connectivity index (χ3n) is 3.14. The molecule has 1 aliphatic heterocycles. The zero-order chi connectivity index (χ0) is 17.1. The molecule has 7 heteroatoms. The van der Waals surface area contributed by atoms with Gasteiger partial charge in [-0.2, -0.15) is 0 Å². The van der Waals surface area contributed by atoms with Gasteiger partial charge < -0.3 is 0 Å². The number of nitro benzene ring substituents is 1. The summed E-state index contributed by atoms with van der Waals surface area (Å²) in [5.41, 5.74) is 0.404. The molecule has 0 unspecified atom stereocenters. The van der Waals surface area contributed by atoms with Crippen LogP contribution in [0.2, 0.25) is 0 Å². The van der Waals surface area contributed by atoms with Gasteiger partial charge in [-0.3, -0.25) is 24.8 Å². The minimum Gasteiger partial charge on any atom is -0.284 e. The lowest BCUT2D eigenvalue weighted by Gasteiger charge is -2.20. The van der Waals surface area contributed by atoms with E-state index < -0.39 is 4.92 Å². The Bertz CT molecular complexity index is 696. The summed E-state index contributed by atoms with van der Waals surface area (Å²) in [6.45, 7) is 7.73. The molecule has 0 atom stereocenters. The molecule has 0 radical (unpaired) electrons. The quantitative estimate of drug-likeness (QED) is 0.478. The summed E-state index contributed by atoms with van der Waals surface area (Å²) in [4.78, 5) is 29.8. The first-order valence-electron chi connectivity index (χ1n) is 7.35. The lowest BCUT2D eigenvalue weighted by molar-refractivity contribution is -0.385. The molecule has 1 saturated heterocycles. The second-order valence-corrected chi connectivity index (χ2v) is 6.71. The van der Waals surface area contributed by atoms with E-state index in [0.29, 0.717) is 15.6 Å². The van der Waals surface area contributed by atoms with Crippen molar-refractivity contribution in [3.05, 3.63) is 44.8 Å². The van der Waals surface area contributed by atoms with Crippen molar-refractivity contribution in [1.29, 1.82) is 0 Å². The fraction of sp³-hybridized carbons (Fsp3) is 0.375. The van der Waals surface area contributed by atoms with Crippen molar-refractivity contribution in [1.82, 2.24) is 4.90 Å². The van der Waals surface area contributed by atoms with Crippen molar-refractivity contribution >= 4 is 34.6 Å². The van der Waals surface area contributed by atoms with Crippen LogP contribution in [0.25, 0.3) is 6.08 Å². The van der Waals surface area contributed by atoms with Crippen LogP contribution in [0.15, 0.2) is 34.2 Å². The van der Waals surface area contributed by atoms with E-state index in [-0.39, 0.29) is 23.7 Å². The number of para-hydroxylation sites is 1. The second-order valence-electron chi connectivity index (χ2n) is 5.70. The monoisotopic (exact) mass is 333 g/mol. The van der Waals surface area contributed by atoms with Crippen LogP contribution in [0.1, 0.15) is 33.3 Å². The van der Waals surface area contributed by atoms with Crippen LogP contribution in [0.3, 0.4) is 0 Å². The maximum atomic E-state index is 12.6. The highest BCUT2D eigenvalue weighted by molar-refractivity contribution is 8.18. The minimum atomic E-state index is -0.445. The van der Waals surface area contributed by atoms with Crippen molar-refractivity contribution in [3.63, 3.8) is 0 Å². The van der Waals surface area contributed by atoms with Crippen LogP contribution in [0.5, 0.6) is 0 Å². The van der Waals surface area contributed by atoms with E-state index in [1.807, 2.05) is 27.7 Å². The molecule has 0 bridgehead atoms. The molecule has 1 aromatic carbocycles. The Morgan fingerprint density at radius 1 is 1.26 bits per heavy atom. The average Bonchev–Trinajstić information content (AvgIpc) is 2.74. The molecule has 0 aromatic heterocycles. The molecule has 23 heavy (non-hydrogen) atoms. The molecule has 1 heterocycles. The van der Waals surface area contributed by atoms with E-state index in [4.69, 9.17) is 0 Å². The van der Waals surface area contributed by atoms with Gasteiger partial charge in [0.2, 0.25) is 0 Å². The van der Waals surface area contributed by atoms with Gasteiger partial charge in [-0.25, -0.2) is 0 Å². The molecule has 0 aliphatic carbocycles. The van der Waals surface area contributed by atoms with Gasteiger partial charge in [-0.15, -0.1) is 0 Å². The van der Waals surface area contributed by atoms with E-state index in [0.717, 1.165) is 0 Å². The SMILES string of the molecule is CC(C)N=C1S/C(=C/c2ccccc2[N+](=O)[O-])C(=O)N1C(C)C. The number of rotatable bonds is 4. The normalized spacial score (nSPS) is 18.7. The van der Waals surface area contributed by atoms with E-state index >= 15 is 0 Å². The molecule has 1 aromatic rings. The highest BCUT2D eigenvalue weighted by atomic mass is 32.2. The van der Waals surface area contributed by atoms with E-state index in [2.05, 4.69) is 4.99 Å². The van der Waals surface area contributed by atoms with Gasteiger partial charge >= 0.3 is 0 Å². The van der Waals surface area contributed by atoms with Gasteiger partial charge in [-0.05, 0) is 51.6 Å². The van der Waals surface area contributed by atoms with Gasteiger partial charge in [0, 0.05) is 18.2 Å². The largest absolute Gasteiger partial charge is 0.284 e. The van der Waals surface area contributed by atoms with E-state index in [9.17, 15) is 14.9 Å². The highest BCUT2D eigenvalue weighted by Gasteiger charge is 2.35. The summed E-state index contributed by atoms with van der Waals surface area (Å²) < 4.78 is 0. The number of nitrogens with zero attached hydrogens (tertiary/aromatic N) is 3. The highest BCUT2D eigenvalue weighted by Crippen LogP contribution is 2.35. The number of thioether (sulfide) groups is 1. The summed E-state index contributed by atoms with van der Waals surface area (Å²) >= 11 is 1.26. The summed E-state index contributed by atoms with van der Waals surface area (Å²) in [6.07, 6.45) is 1.57. The molecule has 1 aliphatic rings. The number of hydrogen-bond donors (Lipinski definition) is 0. The Kier molecular flexibility index (Phi) is 5.20. The van der Waals surface area contributed by atoms with Gasteiger partial charge in [-0.1, -0.05) is 12.1 Å². The molecule has 2 rings (SSSR count). The van der Waals surface area contributed by atoms with Crippen LogP contribution in [-0.2, 0) is 4.79 Å². The maximum absolute atomic E-state index is 12.6. The summed E-state index contributed by atoms with van der Waals surface area (Å²) in [6, 6.07) is 6.43. The van der Waals surface area contributed by atoms with Gasteiger partial charge in [0.1, 0.15) is 0 Å². The number of nitro groups is 1. The minimum absolute atomic E-state index is 0.0151. The molecule has 122 valence electrons. The topological polar surface area (TPSA) is 75.8 Å². The van der Waals surface area contributed by atoms with Crippen molar-refractivity contribution in [2.24, 2.45) is 4.99 Å². The Labute approximate surface area is 139 Å². The average molecular weight is 333 g/mol. The zero-order valence-corrected chi connectivity index (χ0v) is 14.3. The number of hydrogen-bond acceptors (Lipinski definition) is 5. The first-order valence-corrected chi connectivity index (χ1v) is 8.17. The lowest BCUT2D eigenvalue weighted by Crippen LogP contribution is -2.35. The third kappa shape index (κ3) is 3.79. The number of amides is 1. The first kappa shape index (κ1) is 17.2. The van der Waals surface area contributed by atoms with Crippen LogP contribution in [0, 0.1) is 10.1 Å². The maximum Gasteiger partial charge on any atom is 0.276 e. The predicted molar refractivity (Wildman–Crippen MR) is 93.2 cm³/mol. The van der Waals surface area contributed by atoms with Crippen molar-refractivity contribution in [2.75, 3.05) is 0 Å². The smallest absolute Gasteiger partial charge is 0.276 e. The second kappa shape index (κ2) is 6.95. The molecular weight excluding hydrogens is 314 g/mol. The van der Waals surface area contributed by atoms with Crippen LogP contribution >= 0.6 is 11.8 Å². The summed E-state index contributed by atoms with van der Waals surface area (Å²) in [5.74, 6) is -0.164. The van der Waals surface area contributed by atoms with Crippen LogP contribution in [0.4, 0.5) is 5.69 Å². The Morgan fingerprint density at radius 2 is 1.91 bits per heavy atom. The fourth-order valence-electron chi connectivity index (χ4n) is 2.17. The molecule has 0 saturated carbocycles. The van der Waals surface area contributed by atoms with Gasteiger partial charge in [0.15, 0.2) is 5.17 Å². The lowest BCUT2D eigenvalue weighted by atomic mass is 10.1. The van der Waals surface area contributed by atoms with Crippen LogP contribution < -0.4 is 0 Å². The van der Waals surface area contributed by atoms with Crippen molar-refractivity contribution in [3.8, 4) is 0 Å². The van der Waals surface area contributed by atoms with Gasteiger partial charge in [0.05, 0.1) is 15.4 Å². The molecule has 0 N–H and O–H groups in total.